The average molecular weight is 260 g/mol. The van der Waals surface area contributed by atoms with Crippen molar-refractivity contribution in [1.82, 2.24) is 10.3 Å². The van der Waals surface area contributed by atoms with E-state index in [1.807, 2.05) is 0 Å². The van der Waals surface area contributed by atoms with E-state index in [4.69, 9.17) is 4.74 Å². The summed E-state index contributed by atoms with van der Waals surface area (Å²) in [5, 5.41) is 3.28. The molecule has 1 aromatic heterocycles. The fourth-order valence-electron chi connectivity index (χ4n) is 1.46. The Morgan fingerprint density at radius 1 is 1.39 bits per heavy atom. The Balaban J connectivity index is 1.78. The number of alkyl halides is 3. The Hall–Kier alpha value is -1.30. The third kappa shape index (κ3) is 4.91. The van der Waals surface area contributed by atoms with Crippen molar-refractivity contribution in [3.8, 4) is 5.75 Å². The van der Waals surface area contributed by atoms with Crippen LogP contribution in [0.25, 0.3) is 0 Å². The second kappa shape index (κ2) is 5.56. The first-order chi connectivity index (χ1) is 8.53. The molecule has 0 bridgehead atoms. The van der Waals surface area contributed by atoms with Gasteiger partial charge in [0.25, 0.3) is 0 Å². The maximum absolute atomic E-state index is 12.0. The minimum absolute atomic E-state index is 0.358. The molecule has 1 fully saturated rings. The maximum atomic E-state index is 12.0. The minimum Gasteiger partial charge on any atom is -0.493 e. The van der Waals surface area contributed by atoms with Gasteiger partial charge < -0.3 is 10.1 Å². The summed E-state index contributed by atoms with van der Waals surface area (Å²) in [6.07, 6.45) is -1.20. The zero-order valence-corrected chi connectivity index (χ0v) is 9.83. The molecule has 0 aromatic carbocycles. The highest BCUT2D eigenvalue weighted by atomic mass is 19.4. The summed E-state index contributed by atoms with van der Waals surface area (Å²) >= 11 is 0. The molecule has 0 unspecified atom stereocenters. The number of nitrogens with one attached hydrogen (secondary N) is 1. The smallest absolute Gasteiger partial charge is 0.392 e. The van der Waals surface area contributed by atoms with Crippen molar-refractivity contribution in [2.45, 2.75) is 38.0 Å². The topological polar surface area (TPSA) is 34.1 Å². The summed E-state index contributed by atoms with van der Waals surface area (Å²) in [4.78, 5) is 4.13. The van der Waals surface area contributed by atoms with Crippen molar-refractivity contribution in [3.05, 3.63) is 24.0 Å². The van der Waals surface area contributed by atoms with Crippen molar-refractivity contribution in [2.24, 2.45) is 0 Å². The third-order valence-corrected chi connectivity index (χ3v) is 2.59. The summed E-state index contributed by atoms with van der Waals surface area (Å²) in [7, 11) is 0. The lowest BCUT2D eigenvalue weighted by molar-refractivity contribution is -0.139. The number of nitrogens with zero attached hydrogens (tertiary/aromatic N) is 1. The number of pyridine rings is 1. The summed E-state index contributed by atoms with van der Waals surface area (Å²) in [5.74, 6) is 0.432. The molecule has 1 aliphatic carbocycles. The summed E-state index contributed by atoms with van der Waals surface area (Å²) < 4.78 is 40.9. The van der Waals surface area contributed by atoms with Crippen LogP contribution in [0, 0.1) is 0 Å². The summed E-state index contributed by atoms with van der Waals surface area (Å²) in [5.41, 5.74) is 0.784. The van der Waals surface area contributed by atoms with E-state index < -0.39 is 12.6 Å². The zero-order valence-electron chi connectivity index (χ0n) is 9.83. The number of hydrogen-bond donors (Lipinski definition) is 1. The van der Waals surface area contributed by atoms with Crippen molar-refractivity contribution in [1.29, 1.82) is 0 Å². The van der Waals surface area contributed by atoms with E-state index in [1.165, 1.54) is 12.8 Å². The van der Waals surface area contributed by atoms with Crippen molar-refractivity contribution in [2.75, 3.05) is 6.61 Å². The zero-order chi connectivity index (χ0) is 13.0. The molecule has 100 valence electrons. The first kappa shape index (κ1) is 13.1. The fraction of sp³-hybridized carbons (Fsp3) is 0.583. The van der Waals surface area contributed by atoms with Crippen LogP contribution in [0.4, 0.5) is 13.2 Å². The van der Waals surface area contributed by atoms with Crippen molar-refractivity contribution < 1.29 is 17.9 Å². The first-order valence-electron chi connectivity index (χ1n) is 5.91. The van der Waals surface area contributed by atoms with Gasteiger partial charge in [-0.3, -0.25) is 4.98 Å². The van der Waals surface area contributed by atoms with Gasteiger partial charge >= 0.3 is 6.18 Å². The van der Waals surface area contributed by atoms with Gasteiger partial charge in [0.05, 0.1) is 18.7 Å². The lowest BCUT2D eigenvalue weighted by atomic mass is 10.3. The Kier molecular flexibility index (Phi) is 4.06. The number of rotatable bonds is 6. The van der Waals surface area contributed by atoms with E-state index in [9.17, 15) is 13.2 Å². The predicted octanol–water partition coefficient (Wildman–Crippen LogP) is 2.66. The molecule has 0 saturated heterocycles. The molecule has 2 rings (SSSR count). The van der Waals surface area contributed by atoms with E-state index in [2.05, 4.69) is 10.3 Å². The standard InChI is InChI=1S/C12H15F3N2O/c13-12(14,15)4-6-18-11-3-5-16-10(7-11)8-17-9-1-2-9/h3,5,7,9,17H,1-2,4,6,8H2. The van der Waals surface area contributed by atoms with Crippen LogP contribution in [-0.2, 0) is 6.54 Å². The van der Waals surface area contributed by atoms with Crippen molar-refractivity contribution >= 4 is 0 Å². The van der Waals surface area contributed by atoms with Gasteiger partial charge in [0, 0.05) is 24.8 Å². The molecular weight excluding hydrogens is 245 g/mol. The molecule has 1 N–H and O–H groups in total. The van der Waals surface area contributed by atoms with Crippen LogP contribution in [0.15, 0.2) is 18.3 Å². The van der Waals surface area contributed by atoms with Crippen LogP contribution in [0.1, 0.15) is 25.0 Å². The minimum atomic E-state index is -4.18. The molecule has 3 nitrogen and oxygen atoms in total. The van der Waals surface area contributed by atoms with Gasteiger partial charge in [-0.1, -0.05) is 0 Å². The van der Waals surface area contributed by atoms with Gasteiger partial charge in [-0.15, -0.1) is 0 Å². The van der Waals surface area contributed by atoms with Gasteiger partial charge in [0.2, 0.25) is 0 Å². The van der Waals surface area contributed by atoms with E-state index in [0.29, 0.717) is 18.3 Å². The number of ether oxygens (including phenoxy) is 1. The molecule has 0 amide bonds. The normalized spacial score (nSPS) is 15.7. The predicted molar refractivity (Wildman–Crippen MR) is 60.3 cm³/mol. The summed E-state index contributed by atoms with van der Waals surface area (Å²) in [6.45, 7) is 0.268. The molecule has 1 aromatic rings. The van der Waals surface area contributed by atoms with Gasteiger partial charge in [0.15, 0.2) is 0 Å². The molecule has 0 atom stereocenters. The molecule has 1 aliphatic rings. The fourth-order valence-corrected chi connectivity index (χ4v) is 1.46. The quantitative estimate of drug-likeness (QED) is 0.853. The van der Waals surface area contributed by atoms with Crippen LogP contribution < -0.4 is 10.1 Å². The van der Waals surface area contributed by atoms with Crippen LogP contribution >= 0.6 is 0 Å². The Morgan fingerprint density at radius 3 is 2.83 bits per heavy atom. The van der Waals surface area contributed by atoms with Gasteiger partial charge in [-0.2, -0.15) is 13.2 Å². The van der Waals surface area contributed by atoms with Crippen LogP contribution in [0.5, 0.6) is 5.75 Å². The van der Waals surface area contributed by atoms with Crippen LogP contribution in [0.2, 0.25) is 0 Å². The average Bonchev–Trinajstić information content (AvgIpc) is 3.09. The molecule has 1 saturated carbocycles. The van der Waals surface area contributed by atoms with E-state index >= 15 is 0 Å². The lowest BCUT2D eigenvalue weighted by Gasteiger charge is -2.09. The van der Waals surface area contributed by atoms with Crippen LogP contribution in [-0.4, -0.2) is 23.8 Å². The Labute approximate surface area is 103 Å². The Bertz CT molecular complexity index is 391. The Morgan fingerprint density at radius 2 is 2.17 bits per heavy atom. The highest BCUT2D eigenvalue weighted by molar-refractivity contribution is 5.22. The molecule has 0 aliphatic heterocycles. The van der Waals surface area contributed by atoms with E-state index in [1.54, 1.807) is 18.3 Å². The number of aromatic nitrogens is 1. The van der Waals surface area contributed by atoms with E-state index in [0.717, 1.165) is 5.69 Å². The third-order valence-electron chi connectivity index (χ3n) is 2.59. The second-order valence-corrected chi connectivity index (χ2v) is 4.35. The van der Waals surface area contributed by atoms with E-state index in [-0.39, 0.29) is 6.61 Å². The summed E-state index contributed by atoms with van der Waals surface area (Å²) in [6, 6.07) is 3.81. The second-order valence-electron chi connectivity index (χ2n) is 4.35. The van der Waals surface area contributed by atoms with Crippen molar-refractivity contribution in [3.63, 3.8) is 0 Å². The van der Waals surface area contributed by atoms with Gasteiger partial charge in [0.1, 0.15) is 5.75 Å². The maximum Gasteiger partial charge on any atom is 0.392 e. The number of halogens is 3. The lowest BCUT2D eigenvalue weighted by Crippen LogP contribution is -2.16. The number of hydrogen-bond acceptors (Lipinski definition) is 3. The largest absolute Gasteiger partial charge is 0.493 e. The molecule has 6 heteroatoms. The molecule has 18 heavy (non-hydrogen) atoms. The molecular formula is C12H15F3N2O. The SMILES string of the molecule is FC(F)(F)CCOc1ccnc(CNC2CC2)c1. The highest BCUT2D eigenvalue weighted by Crippen LogP contribution is 2.21. The molecule has 1 heterocycles. The van der Waals surface area contributed by atoms with Gasteiger partial charge in [-0.05, 0) is 18.9 Å². The molecule has 0 radical (unpaired) electrons. The van der Waals surface area contributed by atoms with Gasteiger partial charge in [-0.25, -0.2) is 0 Å². The highest BCUT2D eigenvalue weighted by Gasteiger charge is 2.26. The molecule has 0 spiro atoms. The monoisotopic (exact) mass is 260 g/mol. The van der Waals surface area contributed by atoms with Crippen LogP contribution in [0.3, 0.4) is 0 Å². The first-order valence-corrected chi connectivity index (χ1v) is 5.91.